The largest absolute Gasteiger partial charge is 0.505 e. The Kier molecular flexibility index (Phi) is 1.92. The molecule has 1 heterocycles. The van der Waals surface area contributed by atoms with Crippen molar-refractivity contribution >= 4 is 21.7 Å². The van der Waals surface area contributed by atoms with Gasteiger partial charge in [-0.25, -0.2) is 4.79 Å². The van der Waals surface area contributed by atoms with Crippen LogP contribution in [-0.2, 0) is 0 Å². The monoisotopic (exact) mass is 230 g/mol. The Morgan fingerprint density at radius 2 is 1.71 bits per heavy atom. The van der Waals surface area contributed by atoms with Crippen molar-refractivity contribution in [2.75, 3.05) is 0 Å². The van der Waals surface area contributed by atoms with Gasteiger partial charge in [0.15, 0.2) is 11.3 Å². The predicted molar refractivity (Wildman–Crippen MR) is 61.6 cm³/mol. The zero-order valence-electron chi connectivity index (χ0n) is 8.61. The standard InChI is InChI=1S/C13H7FO3/c14-11-10(15)6-5-8-7-3-1-2-4-9(7)13(16)17-12(8)11/h1-6,15H. The first-order valence-electron chi connectivity index (χ1n) is 5.01. The van der Waals surface area contributed by atoms with Crippen molar-refractivity contribution in [3.63, 3.8) is 0 Å². The topological polar surface area (TPSA) is 50.4 Å². The highest BCUT2D eigenvalue weighted by atomic mass is 19.1. The third-order valence-corrected chi connectivity index (χ3v) is 2.71. The van der Waals surface area contributed by atoms with Crippen molar-refractivity contribution in [1.82, 2.24) is 0 Å². The molecule has 17 heavy (non-hydrogen) atoms. The van der Waals surface area contributed by atoms with E-state index in [0.29, 0.717) is 16.2 Å². The summed E-state index contributed by atoms with van der Waals surface area (Å²) >= 11 is 0. The lowest BCUT2D eigenvalue weighted by atomic mass is 10.1. The highest BCUT2D eigenvalue weighted by Crippen LogP contribution is 2.28. The number of aromatic hydroxyl groups is 1. The molecule has 3 nitrogen and oxygen atoms in total. The summed E-state index contributed by atoms with van der Waals surface area (Å²) in [6, 6.07) is 9.56. The van der Waals surface area contributed by atoms with Gasteiger partial charge in [-0.3, -0.25) is 0 Å². The van der Waals surface area contributed by atoms with Crippen LogP contribution >= 0.6 is 0 Å². The Balaban J connectivity index is 2.67. The second-order valence-electron chi connectivity index (χ2n) is 3.71. The lowest BCUT2D eigenvalue weighted by Crippen LogP contribution is -2.00. The van der Waals surface area contributed by atoms with E-state index < -0.39 is 17.2 Å². The molecule has 0 fully saturated rings. The van der Waals surface area contributed by atoms with Gasteiger partial charge in [-0.15, -0.1) is 0 Å². The summed E-state index contributed by atoms with van der Waals surface area (Å²) in [5.41, 5.74) is -0.827. The van der Waals surface area contributed by atoms with Gasteiger partial charge < -0.3 is 9.52 Å². The van der Waals surface area contributed by atoms with Gasteiger partial charge in [-0.1, -0.05) is 18.2 Å². The van der Waals surface area contributed by atoms with Crippen LogP contribution in [0, 0.1) is 5.82 Å². The fourth-order valence-electron chi connectivity index (χ4n) is 1.90. The average Bonchev–Trinajstić information content (AvgIpc) is 2.35. The Labute approximate surface area is 94.7 Å². The molecule has 3 rings (SSSR count). The van der Waals surface area contributed by atoms with Crippen LogP contribution in [0.1, 0.15) is 0 Å². The van der Waals surface area contributed by atoms with E-state index in [9.17, 15) is 14.3 Å². The molecule has 0 bridgehead atoms. The summed E-state index contributed by atoms with van der Waals surface area (Å²) in [6.07, 6.45) is 0. The Hall–Kier alpha value is -2.36. The SMILES string of the molecule is O=c1oc2c(F)c(O)ccc2c2ccccc12. The second-order valence-corrected chi connectivity index (χ2v) is 3.71. The lowest BCUT2D eigenvalue weighted by molar-refractivity contribution is 0.426. The molecule has 0 saturated carbocycles. The van der Waals surface area contributed by atoms with Crippen LogP contribution < -0.4 is 5.63 Å². The number of fused-ring (bicyclic) bond motifs is 3. The number of halogens is 1. The molecule has 2 aromatic carbocycles. The van der Waals surface area contributed by atoms with Crippen LogP contribution in [0.4, 0.5) is 4.39 Å². The van der Waals surface area contributed by atoms with E-state index in [1.54, 1.807) is 24.3 Å². The van der Waals surface area contributed by atoms with Crippen molar-refractivity contribution in [2.45, 2.75) is 0 Å². The van der Waals surface area contributed by atoms with E-state index >= 15 is 0 Å². The van der Waals surface area contributed by atoms with Crippen molar-refractivity contribution < 1.29 is 13.9 Å². The van der Waals surface area contributed by atoms with E-state index in [4.69, 9.17) is 4.42 Å². The third-order valence-electron chi connectivity index (χ3n) is 2.71. The fourth-order valence-corrected chi connectivity index (χ4v) is 1.90. The maximum atomic E-state index is 13.6. The molecular weight excluding hydrogens is 223 g/mol. The maximum Gasteiger partial charge on any atom is 0.344 e. The fraction of sp³-hybridized carbons (Fsp3) is 0. The number of hydrogen-bond donors (Lipinski definition) is 1. The third kappa shape index (κ3) is 1.30. The zero-order chi connectivity index (χ0) is 12.0. The van der Waals surface area contributed by atoms with Crippen molar-refractivity contribution in [3.8, 4) is 5.75 Å². The van der Waals surface area contributed by atoms with Gasteiger partial charge in [-0.2, -0.15) is 4.39 Å². The lowest BCUT2D eigenvalue weighted by Gasteiger charge is -2.03. The molecule has 1 aromatic heterocycles. The number of rotatable bonds is 0. The van der Waals surface area contributed by atoms with E-state index in [2.05, 4.69) is 0 Å². The molecule has 3 aromatic rings. The summed E-state index contributed by atoms with van der Waals surface area (Å²) in [7, 11) is 0. The quantitative estimate of drug-likeness (QED) is 0.477. The van der Waals surface area contributed by atoms with Gasteiger partial charge in [0.25, 0.3) is 0 Å². The van der Waals surface area contributed by atoms with Crippen LogP contribution in [0.15, 0.2) is 45.6 Å². The smallest absolute Gasteiger partial charge is 0.344 e. The molecule has 0 amide bonds. The Morgan fingerprint density at radius 1 is 1.00 bits per heavy atom. The molecule has 0 aliphatic heterocycles. The highest BCUT2D eigenvalue weighted by molar-refractivity contribution is 6.04. The summed E-state index contributed by atoms with van der Waals surface area (Å²) in [6.45, 7) is 0. The summed E-state index contributed by atoms with van der Waals surface area (Å²) in [5.74, 6) is -1.44. The molecule has 0 aliphatic rings. The number of phenolic OH excluding ortho intramolecular Hbond substituents is 1. The van der Waals surface area contributed by atoms with Gasteiger partial charge >= 0.3 is 5.63 Å². The number of benzene rings is 2. The normalized spacial score (nSPS) is 11.1. The number of hydrogen-bond acceptors (Lipinski definition) is 3. The van der Waals surface area contributed by atoms with E-state index in [1.165, 1.54) is 12.1 Å². The summed E-state index contributed by atoms with van der Waals surface area (Å²) in [4.78, 5) is 11.6. The van der Waals surface area contributed by atoms with Crippen molar-refractivity contribution in [2.24, 2.45) is 0 Å². The first kappa shape index (κ1) is 9.84. The summed E-state index contributed by atoms with van der Waals surface area (Å²) < 4.78 is 18.5. The van der Waals surface area contributed by atoms with Gasteiger partial charge in [0, 0.05) is 10.8 Å². The van der Waals surface area contributed by atoms with Crippen LogP contribution in [0.2, 0.25) is 0 Å². The first-order valence-corrected chi connectivity index (χ1v) is 5.01. The average molecular weight is 230 g/mol. The molecule has 0 radical (unpaired) electrons. The minimum Gasteiger partial charge on any atom is -0.505 e. The minimum absolute atomic E-state index is 0.214. The second kappa shape index (κ2) is 3.31. The molecule has 0 atom stereocenters. The summed E-state index contributed by atoms with van der Waals surface area (Å²) in [5, 5.41) is 10.7. The minimum atomic E-state index is -0.912. The van der Waals surface area contributed by atoms with Crippen LogP contribution in [0.5, 0.6) is 5.75 Å². The molecular formula is C13H7FO3. The van der Waals surface area contributed by atoms with E-state index in [-0.39, 0.29) is 5.58 Å². The van der Waals surface area contributed by atoms with Gasteiger partial charge in [0.05, 0.1) is 5.39 Å². The molecule has 4 heteroatoms. The van der Waals surface area contributed by atoms with Crippen LogP contribution in [0.3, 0.4) is 0 Å². The Bertz CT molecular complexity index is 790. The molecule has 0 saturated heterocycles. The highest BCUT2D eigenvalue weighted by Gasteiger charge is 2.13. The molecule has 84 valence electrons. The predicted octanol–water partition coefficient (Wildman–Crippen LogP) is 2.79. The van der Waals surface area contributed by atoms with Crippen LogP contribution in [0.25, 0.3) is 21.7 Å². The molecule has 0 aliphatic carbocycles. The van der Waals surface area contributed by atoms with Crippen LogP contribution in [-0.4, -0.2) is 5.11 Å². The zero-order valence-corrected chi connectivity index (χ0v) is 8.61. The first-order chi connectivity index (χ1) is 8.18. The van der Waals surface area contributed by atoms with Crippen molar-refractivity contribution in [3.05, 3.63) is 52.6 Å². The van der Waals surface area contributed by atoms with Crippen molar-refractivity contribution in [1.29, 1.82) is 0 Å². The molecule has 0 unspecified atom stereocenters. The maximum absolute atomic E-state index is 13.6. The van der Waals surface area contributed by atoms with Gasteiger partial charge in [0.1, 0.15) is 0 Å². The Morgan fingerprint density at radius 3 is 2.47 bits per heavy atom. The number of phenols is 1. The molecule has 1 N–H and O–H groups in total. The van der Waals surface area contributed by atoms with E-state index in [1.807, 2.05) is 0 Å². The van der Waals surface area contributed by atoms with Gasteiger partial charge in [0.2, 0.25) is 5.82 Å². The van der Waals surface area contributed by atoms with E-state index in [0.717, 1.165) is 0 Å². The molecule has 0 spiro atoms. The van der Waals surface area contributed by atoms with Gasteiger partial charge in [-0.05, 0) is 18.2 Å².